The van der Waals surface area contributed by atoms with Crippen LogP contribution in [0.3, 0.4) is 0 Å². The Hall–Kier alpha value is -2.34. The van der Waals surface area contributed by atoms with Crippen LogP contribution < -0.4 is 4.74 Å². The Balaban J connectivity index is 2.38. The van der Waals surface area contributed by atoms with Crippen LogP contribution in [0.4, 0.5) is 0 Å². The van der Waals surface area contributed by atoms with Gasteiger partial charge in [-0.3, -0.25) is 0 Å². The van der Waals surface area contributed by atoms with Gasteiger partial charge in [-0.1, -0.05) is 5.16 Å². The average Bonchev–Trinajstić information content (AvgIpc) is 2.87. The number of carboxylic acids is 1. The molecule has 1 aromatic heterocycles. The van der Waals surface area contributed by atoms with E-state index in [0.717, 1.165) is 16.9 Å². The molecule has 106 valence electrons. The zero-order valence-electron chi connectivity index (χ0n) is 11.6. The summed E-state index contributed by atoms with van der Waals surface area (Å²) in [6, 6.07) is 6.98. The lowest BCUT2D eigenvalue weighted by Gasteiger charge is -2.14. The number of carbonyl (C=O) groups is 1. The van der Waals surface area contributed by atoms with Crippen molar-refractivity contribution in [2.24, 2.45) is 0 Å². The van der Waals surface area contributed by atoms with Gasteiger partial charge in [0.05, 0.1) is 7.11 Å². The van der Waals surface area contributed by atoms with Crippen molar-refractivity contribution >= 4 is 5.97 Å². The molecule has 1 N–H and O–H groups in total. The van der Waals surface area contributed by atoms with Gasteiger partial charge in [-0.05, 0) is 32.3 Å². The van der Waals surface area contributed by atoms with Crippen LogP contribution in [0.2, 0.25) is 0 Å². The van der Waals surface area contributed by atoms with Crippen LogP contribution in [-0.2, 0) is 6.54 Å². The minimum absolute atomic E-state index is 0.176. The fourth-order valence-corrected chi connectivity index (χ4v) is 1.91. The summed E-state index contributed by atoms with van der Waals surface area (Å²) in [5.74, 6) is -0.528. The molecule has 6 heteroatoms. The van der Waals surface area contributed by atoms with Crippen molar-refractivity contribution in [2.45, 2.75) is 6.54 Å². The van der Waals surface area contributed by atoms with E-state index in [1.165, 1.54) is 6.07 Å². The minimum Gasteiger partial charge on any atom is -0.496 e. The minimum atomic E-state index is -1.13. The van der Waals surface area contributed by atoms with Crippen LogP contribution in [0.25, 0.3) is 11.3 Å². The molecule has 20 heavy (non-hydrogen) atoms. The van der Waals surface area contributed by atoms with Gasteiger partial charge in [0.25, 0.3) is 0 Å². The van der Waals surface area contributed by atoms with E-state index in [-0.39, 0.29) is 5.76 Å². The summed E-state index contributed by atoms with van der Waals surface area (Å²) >= 11 is 0. The Bertz CT molecular complexity index is 619. The molecular formula is C14H16N2O4. The fourth-order valence-electron chi connectivity index (χ4n) is 1.91. The first-order chi connectivity index (χ1) is 9.51. The Morgan fingerprint density at radius 2 is 2.15 bits per heavy atom. The van der Waals surface area contributed by atoms with E-state index in [0.29, 0.717) is 12.2 Å². The molecule has 0 atom stereocenters. The van der Waals surface area contributed by atoms with E-state index in [1.807, 2.05) is 37.2 Å². The van der Waals surface area contributed by atoms with Gasteiger partial charge in [0.15, 0.2) is 0 Å². The van der Waals surface area contributed by atoms with Crippen molar-refractivity contribution in [3.8, 4) is 17.0 Å². The lowest BCUT2D eigenvalue weighted by atomic mass is 10.1. The van der Waals surface area contributed by atoms with E-state index in [9.17, 15) is 4.79 Å². The maximum absolute atomic E-state index is 10.8. The highest BCUT2D eigenvalue weighted by molar-refractivity contribution is 5.85. The second-order valence-electron chi connectivity index (χ2n) is 4.65. The molecule has 0 spiro atoms. The Morgan fingerprint density at radius 3 is 2.70 bits per heavy atom. The van der Waals surface area contributed by atoms with Gasteiger partial charge >= 0.3 is 5.97 Å². The Morgan fingerprint density at radius 1 is 1.40 bits per heavy atom. The first-order valence-electron chi connectivity index (χ1n) is 6.03. The summed E-state index contributed by atoms with van der Waals surface area (Å²) < 4.78 is 10.1. The number of aromatic carboxylic acids is 1. The number of aromatic nitrogens is 1. The number of methoxy groups -OCH3 is 1. The zero-order valence-corrected chi connectivity index (χ0v) is 11.6. The van der Waals surface area contributed by atoms with E-state index in [4.69, 9.17) is 14.4 Å². The lowest BCUT2D eigenvalue weighted by molar-refractivity contribution is 0.0652. The number of carboxylic acid groups (broad SMARTS) is 1. The van der Waals surface area contributed by atoms with Gasteiger partial charge in [0.2, 0.25) is 5.76 Å². The van der Waals surface area contributed by atoms with Gasteiger partial charge in [0.1, 0.15) is 11.4 Å². The van der Waals surface area contributed by atoms with E-state index in [2.05, 4.69) is 5.16 Å². The molecule has 2 rings (SSSR count). The Labute approximate surface area is 116 Å². The van der Waals surface area contributed by atoms with Crippen molar-refractivity contribution in [3.05, 3.63) is 35.6 Å². The second kappa shape index (κ2) is 5.75. The molecule has 0 unspecified atom stereocenters. The molecule has 0 saturated carbocycles. The third kappa shape index (κ3) is 2.97. The summed E-state index contributed by atoms with van der Waals surface area (Å²) in [4.78, 5) is 12.8. The van der Waals surface area contributed by atoms with Gasteiger partial charge in [-0.25, -0.2) is 4.79 Å². The van der Waals surface area contributed by atoms with Crippen LogP contribution in [-0.4, -0.2) is 42.3 Å². The second-order valence-corrected chi connectivity index (χ2v) is 4.65. The third-order valence-electron chi connectivity index (χ3n) is 2.78. The number of ether oxygens (including phenoxy) is 1. The van der Waals surface area contributed by atoms with Gasteiger partial charge < -0.3 is 19.3 Å². The van der Waals surface area contributed by atoms with Crippen LogP contribution in [0, 0.1) is 0 Å². The van der Waals surface area contributed by atoms with E-state index < -0.39 is 5.97 Å². The third-order valence-corrected chi connectivity index (χ3v) is 2.78. The highest BCUT2D eigenvalue weighted by Gasteiger charge is 2.14. The number of rotatable bonds is 5. The molecule has 6 nitrogen and oxygen atoms in total. The molecular weight excluding hydrogens is 260 g/mol. The molecule has 0 aliphatic heterocycles. The smallest absolute Gasteiger partial charge is 0.374 e. The average molecular weight is 276 g/mol. The summed E-state index contributed by atoms with van der Waals surface area (Å²) in [7, 11) is 5.54. The highest BCUT2D eigenvalue weighted by Crippen LogP contribution is 2.27. The van der Waals surface area contributed by atoms with Crippen molar-refractivity contribution in [1.82, 2.24) is 10.1 Å². The maximum atomic E-state index is 10.8. The molecule has 1 heterocycles. The van der Waals surface area contributed by atoms with Crippen LogP contribution >= 0.6 is 0 Å². The molecule has 0 saturated heterocycles. The maximum Gasteiger partial charge on any atom is 0.374 e. The van der Waals surface area contributed by atoms with Crippen molar-refractivity contribution in [2.75, 3.05) is 21.2 Å². The number of hydrogen-bond donors (Lipinski definition) is 1. The Kier molecular flexibility index (Phi) is 4.05. The topological polar surface area (TPSA) is 75.8 Å². The van der Waals surface area contributed by atoms with Crippen molar-refractivity contribution in [1.29, 1.82) is 0 Å². The van der Waals surface area contributed by atoms with Gasteiger partial charge in [0, 0.05) is 23.7 Å². The molecule has 0 amide bonds. The number of benzene rings is 1. The molecule has 0 bridgehead atoms. The predicted octanol–water partition coefficient (Wildman–Crippen LogP) is 2.11. The largest absolute Gasteiger partial charge is 0.496 e. The molecule has 0 radical (unpaired) electrons. The molecule has 2 aromatic rings. The van der Waals surface area contributed by atoms with Crippen molar-refractivity contribution in [3.63, 3.8) is 0 Å². The summed E-state index contributed by atoms with van der Waals surface area (Å²) in [5, 5.41) is 12.6. The number of nitrogens with zero attached hydrogens (tertiary/aromatic N) is 2. The zero-order chi connectivity index (χ0) is 14.7. The molecule has 1 aromatic carbocycles. The standard InChI is InChI=1S/C14H16N2O4/c1-16(2)8-10-6-9(4-5-12(10)19-3)11-7-13(14(17)18)20-15-11/h4-7H,8H2,1-3H3,(H,17,18). The fraction of sp³-hybridized carbons (Fsp3) is 0.286. The summed E-state index contributed by atoms with van der Waals surface area (Å²) in [6.45, 7) is 0.709. The van der Waals surface area contributed by atoms with Crippen molar-refractivity contribution < 1.29 is 19.2 Å². The van der Waals surface area contributed by atoms with E-state index >= 15 is 0 Å². The first kappa shape index (κ1) is 14.1. The SMILES string of the molecule is COc1ccc(-c2cc(C(=O)O)on2)cc1CN(C)C. The van der Waals surface area contributed by atoms with Gasteiger partial charge in [-0.2, -0.15) is 0 Å². The summed E-state index contributed by atoms with van der Waals surface area (Å²) in [6.07, 6.45) is 0. The molecule has 0 aliphatic rings. The number of hydrogen-bond acceptors (Lipinski definition) is 5. The lowest BCUT2D eigenvalue weighted by Crippen LogP contribution is -2.11. The highest BCUT2D eigenvalue weighted by atomic mass is 16.5. The monoisotopic (exact) mass is 276 g/mol. The first-order valence-corrected chi connectivity index (χ1v) is 6.03. The predicted molar refractivity (Wildman–Crippen MR) is 72.8 cm³/mol. The summed E-state index contributed by atoms with van der Waals surface area (Å²) in [5.41, 5.74) is 2.28. The van der Waals surface area contributed by atoms with Gasteiger partial charge in [-0.15, -0.1) is 0 Å². The van der Waals surface area contributed by atoms with Crippen LogP contribution in [0.1, 0.15) is 16.1 Å². The molecule has 0 fully saturated rings. The van der Waals surface area contributed by atoms with E-state index in [1.54, 1.807) is 7.11 Å². The normalized spacial score (nSPS) is 10.8. The molecule has 0 aliphatic carbocycles. The van der Waals surface area contributed by atoms with Crippen LogP contribution in [0.5, 0.6) is 5.75 Å². The quantitative estimate of drug-likeness (QED) is 0.901. The van der Waals surface area contributed by atoms with Crippen LogP contribution in [0.15, 0.2) is 28.8 Å².